The number of hydrogen-bond acceptors (Lipinski definition) is 3. The number of aromatic nitrogens is 2. The molecule has 4 nitrogen and oxygen atoms in total. The van der Waals surface area contributed by atoms with Crippen LogP contribution in [0.4, 0.5) is 0 Å². The van der Waals surface area contributed by atoms with E-state index in [-0.39, 0.29) is 12.4 Å². The number of piperidine rings is 1. The molecule has 0 atom stereocenters. The number of halogens is 1. The maximum Gasteiger partial charge on any atom is 0.0945 e. The Bertz CT molecular complexity index is 318. The fourth-order valence-corrected chi connectivity index (χ4v) is 2.40. The number of likely N-dealkylation sites (tertiary alicyclic amines) is 1. The first kappa shape index (κ1) is 14.5. The molecule has 0 saturated carbocycles. The molecule has 0 amide bonds. The van der Waals surface area contributed by atoms with Crippen molar-refractivity contribution in [2.24, 2.45) is 13.0 Å². The van der Waals surface area contributed by atoms with Crippen LogP contribution in [0.2, 0.25) is 0 Å². The Balaban J connectivity index is 0.00000144. The number of nitrogens with zero attached hydrogens (tertiary/aromatic N) is 3. The van der Waals surface area contributed by atoms with Crippen LogP contribution in [0.15, 0.2) is 12.5 Å². The Morgan fingerprint density at radius 3 is 2.65 bits per heavy atom. The molecule has 1 aromatic heterocycles. The monoisotopic (exact) mass is 258 g/mol. The van der Waals surface area contributed by atoms with Crippen LogP contribution in [-0.2, 0) is 13.6 Å². The minimum Gasteiger partial charge on any atom is -0.337 e. The van der Waals surface area contributed by atoms with Gasteiger partial charge in [0.05, 0.1) is 12.0 Å². The van der Waals surface area contributed by atoms with Gasteiger partial charge >= 0.3 is 0 Å². The van der Waals surface area contributed by atoms with Crippen molar-refractivity contribution in [2.45, 2.75) is 19.4 Å². The van der Waals surface area contributed by atoms with Crippen molar-refractivity contribution < 1.29 is 0 Å². The third-order valence-corrected chi connectivity index (χ3v) is 3.50. The zero-order valence-electron chi connectivity index (χ0n) is 10.7. The van der Waals surface area contributed by atoms with E-state index < -0.39 is 0 Å². The molecule has 0 aliphatic carbocycles. The lowest BCUT2D eigenvalue weighted by Crippen LogP contribution is -2.36. The van der Waals surface area contributed by atoms with Gasteiger partial charge in [-0.2, -0.15) is 0 Å². The summed E-state index contributed by atoms with van der Waals surface area (Å²) in [5, 5.41) is 3.27. The number of hydrogen-bond donors (Lipinski definition) is 1. The van der Waals surface area contributed by atoms with E-state index in [0.717, 1.165) is 12.5 Å². The minimum atomic E-state index is 0. The van der Waals surface area contributed by atoms with Crippen LogP contribution in [0, 0.1) is 5.92 Å². The first-order chi connectivity index (χ1) is 7.79. The number of nitrogens with one attached hydrogen (secondary N) is 1. The molecule has 0 aromatic carbocycles. The molecule has 1 fully saturated rings. The van der Waals surface area contributed by atoms with Gasteiger partial charge in [-0.3, -0.25) is 4.90 Å². The SMILES string of the molecule is CNCC1CCN(Cc2cncn2C)CC1.Cl. The Morgan fingerprint density at radius 1 is 1.41 bits per heavy atom. The molecule has 0 spiro atoms. The van der Waals surface area contributed by atoms with Crippen molar-refractivity contribution in [2.75, 3.05) is 26.7 Å². The molecule has 17 heavy (non-hydrogen) atoms. The van der Waals surface area contributed by atoms with Gasteiger partial charge in [-0.05, 0) is 45.4 Å². The van der Waals surface area contributed by atoms with Crippen LogP contribution < -0.4 is 5.32 Å². The lowest BCUT2D eigenvalue weighted by molar-refractivity contribution is 0.174. The first-order valence-electron chi connectivity index (χ1n) is 6.11. The summed E-state index contributed by atoms with van der Waals surface area (Å²) in [6, 6.07) is 0. The molecule has 5 heteroatoms. The van der Waals surface area contributed by atoms with Crippen molar-refractivity contribution >= 4 is 12.4 Å². The third-order valence-electron chi connectivity index (χ3n) is 3.50. The molecule has 1 aliphatic heterocycles. The average molecular weight is 259 g/mol. The van der Waals surface area contributed by atoms with Gasteiger partial charge in [0.2, 0.25) is 0 Å². The van der Waals surface area contributed by atoms with Crippen molar-refractivity contribution in [1.29, 1.82) is 0 Å². The largest absolute Gasteiger partial charge is 0.337 e. The zero-order valence-corrected chi connectivity index (χ0v) is 11.5. The topological polar surface area (TPSA) is 33.1 Å². The van der Waals surface area contributed by atoms with Crippen molar-refractivity contribution in [3.05, 3.63) is 18.2 Å². The summed E-state index contributed by atoms with van der Waals surface area (Å²) < 4.78 is 2.11. The van der Waals surface area contributed by atoms with Gasteiger partial charge in [0.15, 0.2) is 0 Å². The standard InChI is InChI=1S/C12H22N4.ClH/c1-13-7-11-3-5-16(6-4-11)9-12-8-14-10-15(12)2;/h8,10-11,13H,3-7,9H2,1-2H3;1H. The van der Waals surface area contributed by atoms with E-state index in [4.69, 9.17) is 0 Å². The molecule has 0 bridgehead atoms. The fraction of sp³-hybridized carbons (Fsp3) is 0.750. The van der Waals surface area contributed by atoms with Crippen molar-refractivity contribution in [1.82, 2.24) is 19.8 Å². The second-order valence-corrected chi connectivity index (χ2v) is 4.77. The van der Waals surface area contributed by atoms with Crippen LogP contribution in [0.1, 0.15) is 18.5 Å². The van der Waals surface area contributed by atoms with Gasteiger partial charge < -0.3 is 9.88 Å². The molecule has 1 aromatic rings. The van der Waals surface area contributed by atoms with E-state index >= 15 is 0 Å². The molecule has 1 N–H and O–H groups in total. The Morgan fingerprint density at radius 2 is 2.12 bits per heavy atom. The highest BCUT2D eigenvalue weighted by molar-refractivity contribution is 5.85. The maximum absolute atomic E-state index is 4.16. The summed E-state index contributed by atoms with van der Waals surface area (Å²) in [6.45, 7) is 4.65. The number of imidazole rings is 1. The number of rotatable bonds is 4. The Labute approximate surface area is 110 Å². The predicted octanol–water partition coefficient (Wildman–Crippen LogP) is 1.27. The van der Waals surface area contributed by atoms with E-state index in [0.29, 0.717) is 0 Å². The van der Waals surface area contributed by atoms with Gasteiger partial charge in [-0.25, -0.2) is 4.98 Å². The molecule has 2 rings (SSSR count). The zero-order chi connectivity index (χ0) is 11.4. The summed E-state index contributed by atoms with van der Waals surface area (Å²) in [6.07, 6.45) is 6.49. The van der Waals surface area contributed by atoms with E-state index in [9.17, 15) is 0 Å². The van der Waals surface area contributed by atoms with Crippen LogP contribution in [-0.4, -0.2) is 41.1 Å². The molecule has 2 heterocycles. The van der Waals surface area contributed by atoms with Gasteiger partial charge in [0, 0.05) is 19.8 Å². The van der Waals surface area contributed by atoms with Gasteiger partial charge in [0.1, 0.15) is 0 Å². The number of aryl methyl sites for hydroxylation is 1. The first-order valence-corrected chi connectivity index (χ1v) is 6.11. The second-order valence-electron chi connectivity index (χ2n) is 4.77. The highest BCUT2D eigenvalue weighted by atomic mass is 35.5. The molecule has 1 saturated heterocycles. The Kier molecular flexibility index (Phi) is 5.95. The maximum atomic E-state index is 4.16. The fourth-order valence-electron chi connectivity index (χ4n) is 2.40. The van der Waals surface area contributed by atoms with Crippen LogP contribution >= 0.6 is 12.4 Å². The Hall–Kier alpha value is -0.580. The van der Waals surface area contributed by atoms with Gasteiger partial charge in [-0.1, -0.05) is 0 Å². The second kappa shape index (κ2) is 6.99. The van der Waals surface area contributed by atoms with E-state index in [1.54, 1.807) is 0 Å². The minimum absolute atomic E-state index is 0. The summed E-state index contributed by atoms with van der Waals surface area (Å²) in [7, 11) is 4.11. The molecular formula is C12H23ClN4. The lowest BCUT2D eigenvalue weighted by atomic mass is 9.97. The summed E-state index contributed by atoms with van der Waals surface area (Å²) in [5.74, 6) is 0.868. The summed E-state index contributed by atoms with van der Waals surface area (Å²) >= 11 is 0. The molecule has 98 valence electrons. The van der Waals surface area contributed by atoms with Crippen molar-refractivity contribution in [3.8, 4) is 0 Å². The normalized spacial score (nSPS) is 18.0. The van der Waals surface area contributed by atoms with Crippen molar-refractivity contribution in [3.63, 3.8) is 0 Å². The summed E-state index contributed by atoms with van der Waals surface area (Å²) in [5.41, 5.74) is 1.31. The van der Waals surface area contributed by atoms with Gasteiger partial charge in [0.25, 0.3) is 0 Å². The van der Waals surface area contributed by atoms with E-state index in [2.05, 4.69) is 26.8 Å². The smallest absolute Gasteiger partial charge is 0.0945 e. The van der Waals surface area contributed by atoms with Crippen LogP contribution in [0.3, 0.4) is 0 Å². The van der Waals surface area contributed by atoms with Crippen LogP contribution in [0.5, 0.6) is 0 Å². The quantitative estimate of drug-likeness (QED) is 0.883. The lowest BCUT2D eigenvalue weighted by Gasteiger charge is -2.31. The average Bonchev–Trinajstić information content (AvgIpc) is 2.68. The molecule has 1 aliphatic rings. The molecule has 0 unspecified atom stereocenters. The van der Waals surface area contributed by atoms with E-state index in [1.807, 2.05) is 19.6 Å². The van der Waals surface area contributed by atoms with Gasteiger partial charge in [-0.15, -0.1) is 12.4 Å². The highest BCUT2D eigenvalue weighted by Crippen LogP contribution is 2.17. The highest BCUT2D eigenvalue weighted by Gasteiger charge is 2.19. The predicted molar refractivity (Wildman–Crippen MR) is 72.4 cm³/mol. The van der Waals surface area contributed by atoms with E-state index in [1.165, 1.54) is 38.2 Å². The molecular weight excluding hydrogens is 236 g/mol. The third kappa shape index (κ3) is 3.98. The molecule has 0 radical (unpaired) electrons. The van der Waals surface area contributed by atoms with Crippen LogP contribution in [0.25, 0.3) is 0 Å². The summed E-state index contributed by atoms with van der Waals surface area (Å²) in [4.78, 5) is 6.69.